The summed E-state index contributed by atoms with van der Waals surface area (Å²) >= 11 is 0. The molecule has 1 amide bonds. The number of carbonyl (C=O) groups excluding carboxylic acids is 1. The van der Waals surface area contributed by atoms with E-state index in [1.54, 1.807) is 17.7 Å². The van der Waals surface area contributed by atoms with Gasteiger partial charge in [-0.15, -0.1) is 0 Å². The number of hydrogen-bond acceptors (Lipinski definition) is 4. The van der Waals surface area contributed by atoms with E-state index in [0.29, 0.717) is 18.0 Å². The van der Waals surface area contributed by atoms with E-state index in [-0.39, 0.29) is 24.2 Å². The van der Waals surface area contributed by atoms with Crippen molar-refractivity contribution in [2.75, 3.05) is 11.9 Å². The van der Waals surface area contributed by atoms with Gasteiger partial charge in [0.1, 0.15) is 24.1 Å². The molecule has 1 aromatic heterocycles. The van der Waals surface area contributed by atoms with E-state index in [2.05, 4.69) is 5.32 Å². The fourth-order valence-corrected chi connectivity index (χ4v) is 3.66. The molecule has 1 N–H and O–H groups in total. The van der Waals surface area contributed by atoms with E-state index in [9.17, 15) is 9.59 Å². The first-order chi connectivity index (χ1) is 13.5. The SMILES string of the molecule is CCOc1cc2c(cc1NC(=O)Cn1c(=O)n(C)c3ccccc31)O[C@H](C)C2. The van der Waals surface area contributed by atoms with Crippen LogP contribution in [0.5, 0.6) is 11.5 Å². The first-order valence-electron chi connectivity index (χ1n) is 9.38. The number of para-hydroxylation sites is 2. The standard InChI is InChI=1S/C21H23N3O4/c1-4-27-19-10-14-9-13(2)28-18(14)11-15(19)22-20(25)12-24-17-8-6-5-7-16(17)23(3)21(24)26/h5-8,10-11,13H,4,9,12H2,1-3H3,(H,22,25)/t13-/m1/s1. The number of hydrogen-bond donors (Lipinski definition) is 1. The Kier molecular flexibility index (Phi) is 4.58. The van der Waals surface area contributed by atoms with E-state index in [4.69, 9.17) is 9.47 Å². The van der Waals surface area contributed by atoms with Crippen LogP contribution in [0.15, 0.2) is 41.2 Å². The van der Waals surface area contributed by atoms with Gasteiger partial charge in [-0.25, -0.2) is 4.79 Å². The Hall–Kier alpha value is -3.22. The van der Waals surface area contributed by atoms with Crippen molar-refractivity contribution in [3.8, 4) is 11.5 Å². The van der Waals surface area contributed by atoms with Gasteiger partial charge in [0, 0.05) is 25.1 Å². The van der Waals surface area contributed by atoms with Crippen LogP contribution < -0.4 is 20.5 Å². The zero-order valence-corrected chi connectivity index (χ0v) is 16.2. The largest absolute Gasteiger partial charge is 0.492 e. The molecule has 0 spiro atoms. The highest BCUT2D eigenvalue weighted by molar-refractivity contribution is 5.93. The molecular weight excluding hydrogens is 358 g/mol. The van der Waals surface area contributed by atoms with Crippen molar-refractivity contribution < 1.29 is 14.3 Å². The van der Waals surface area contributed by atoms with Gasteiger partial charge in [0.25, 0.3) is 0 Å². The van der Waals surface area contributed by atoms with Crippen LogP contribution in [-0.4, -0.2) is 27.8 Å². The lowest BCUT2D eigenvalue weighted by Gasteiger charge is -2.14. The molecule has 0 radical (unpaired) electrons. The molecule has 1 aliphatic heterocycles. The summed E-state index contributed by atoms with van der Waals surface area (Å²) in [6.45, 7) is 4.31. The Morgan fingerprint density at radius 2 is 2.04 bits per heavy atom. The second-order valence-electron chi connectivity index (χ2n) is 6.99. The van der Waals surface area contributed by atoms with Crippen molar-refractivity contribution in [2.45, 2.75) is 32.9 Å². The van der Waals surface area contributed by atoms with Crippen molar-refractivity contribution >= 4 is 22.6 Å². The van der Waals surface area contributed by atoms with Crippen LogP contribution in [0.1, 0.15) is 19.4 Å². The first-order valence-corrected chi connectivity index (χ1v) is 9.38. The van der Waals surface area contributed by atoms with Gasteiger partial charge >= 0.3 is 5.69 Å². The number of fused-ring (bicyclic) bond motifs is 2. The van der Waals surface area contributed by atoms with Gasteiger partial charge in [0.05, 0.1) is 23.3 Å². The normalized spacial score (nSPS) is 15.3. The fourth-order valence-electron chi connectivity index (χ4n) is 3.66. The number of carbonyl (C=O) groups is 1. The molecular formula is C21H23N3O4. The molecule has 2 heterocycles. The second kappa shape index (κ2) is 7.07. The monoisotopic (exact) mass is 381 g/mol. The Morgan fingerprint density at radius 3 is 2.79 bits per heavy atom. The summed E-state index contributed by atoms with van der Waals surface area (Å²) in [5, 5.41) is 2.88. The summed E-state index contributed by atoms with van der Waals surface area (Å²) in [4.78, 5) is 25.3. The molecule has 1 atom stereocenters. The molecule has 4 rings (SSSR count). The van der Waals surface area contributed by atoms with Crippen LogP contribution in [0, 0.1) is 0 Å². The summed E-state index contributed by atoms with van der Waals surface area (Å²) in [5.74, 6) is 1.07. The van der Waals surface area contributed by atoms with E-state index >= 15 is 0 Å². The minimum atomic E-state index is -0.301. The van der Waals surface area contributed by atoms with Gasteiger partial charge in [0.15, 0.2) is 0 Å². The van der Waals surface area contributed by atoms with Crippen LogP contribution >= 0.6 is 0 Å². The average Bonchev–Trinajstić information content (AvgIpc) is 3.14. The molecule has 3 aromatic rings. The molecule has 0 unspecified atom stereocenters. The second-order valence-corrected chi connectivity index (χ2v) is 6.99. The topological polar surface area (TPSA) is 74.5 Å². The maximum atomic E-state index is 12.7. The van der Waals surface area contributed by atoms with Crippen molar-refractivity contribution in [1.29, 1.82) is 0 Å². The van der Waals surface area contributed by atoms with Gasteiger partial charge in [0.2, 0.25) is 5.91 Å². The summed E-state index contributed by atoms with van der Waals surface area (Å²) in [5.41, 5.74) is 2.90. The van der Waals surface area contributed by atoms with E-state index in [0.717, 1.165) is 28.8 Å². The van der Waals surface area contributed by atoms with E-state index < -0.39 is 0 Å². The minimum absolute atomic E-state index is 0.0832. The summed E-state index contributed by atoms with van der Waals surface area (Å²) in [6, 6.07) is 11.1. The number of rotatable bonds is 5. The molecule has 0 fully saturated rings. The van der Waals surface area contributed by atoms with Gasteiger partial charge in [-0.05, 0) is 32.0 Å². The third kappa shape index (κ3) is 3.13. The van der Waals surface area contributed by atoms with Crippen LogP contribution in [0.4, 0.5) is 5.69 Å². The van der Waals surface area contributed by atoms with Crippen molar-refractivity contribution in [2.24, 2.45) is 7.05 Å². The van der Waals surface area contributed by atoms with E-state index in [1.165, 1.54) is 4.57 Å². The lowest BCUT2D eigenvalue weighted by Crippen LogP contribution is -2.28. The maximum absolute atomic E-state index is 12.7. The predicted molar refractivity (Wildman–Crippen MR) is 107 cm³/mol. The lowest BCUT2D eigenvalue weighted by molar-refractivity contribution is -0.116. The van der Waals surface area contributed by atoms with Crippen molar-refractivity contribution in [3.05, 3.63) is 52.4 Å². The number of anilines is 1. The Morgan fingerprint density at radius 1 is 1.29 bits per heavy atom. The average molecular weight is 381 g/mol. The molecule has 146 valence electrons. The number of ether oxygens (including phenoxy) is 2. The molecule has 7 nitrogen and oxygen atoms in total. The van der Waals surface area contributed by atoms with E-state index in [1.807, 2.05) is 44.2 Å². The molecule has 0 bridgehead atoms. The highest BCUT2D eigenvalue weighted by Gasteiger charge is 2.23. The smallest absolute Gasteiger partial charge is 0.329 e. The highest BCUT2D eigenvalue weighted by atomic mass is 16.5. The molecule has 0 aliphatic carbocycles. The molecule has 7 heteroatoms. The van der Waals surface area contributed by atoms with Crippen molar-refractivity contribution in [1.82, 2.24) is 9.13 Å². The van der Waals surface area contributed by atoms with Crippen molar-refractivity contribution in [3.63, 3.8) is 0 Å². The van der Waals surface area contributed by atoms with Crippen LogP contribution in [0.25, 0.3) is 11.0 Å². The molecule has 0 saturated heterocycles. The number of amides is 1. The third-order valence-electron chi connectivity index (χ3n) is 4.93. The van der Waals surface area contributed by atoms with Gasteiger partial charge in [-0.1, -0.05) is 12.1 Å². The summed E-state index contributed by atoms with van der Waals surface area (Å²) < 4.78 is 14.5. The number of nitrogens with zero attached hydrogens (tertiary/aromatic N) is 2. The number of imidazole rings is 1. The molecule has 1 aliphatic rings. The van der Waals surface area contributed by atoms with Gasteiger partial charge < -0.3 is 14.8 Å². The predicted octanol–water partition coefficient (Wildman–Crippen LogP) is 2.70. The van der Waals surface area contributed by atoms with Crippen LogP contribution in [0.3, 0.4) is 0 Å². The zero-order valence-electron chi connectivity index (χ0n) is 16.2. The van der Waals surface area contributed by atoms with Crippen LogP contribution in [-0.2, 0) is 24.8 Å². The Labute approximate surface area is 162 Å². The molecule has 28 heavy (non-hydrogen) atoms. The Bertz CT molecular complexity index is 1110. The van der Waals surface area contributed by atoms with Gasteiger partial charge in [-0.3, -0.25) is 13.9 Å². The summed E-state index contributed by atoms with van der Waals surface area (Å²) in [7, 11) is 1.70. The summed E-state index contributed by atoms with van der Waals surface area (Å²) in [6.07, 6.45) is 0.916. The van der Waals surface area contributed by atoms with Crippen LogP contribution in [0.2, 0.25) is 0 Å². The fraction of sp³-hybridized carbons (Fsp3) is 0.333. The molecule has 2 aromatic carbocycles. The lowest BCUT2D eigenvalue weighted by atomic mass is 10.1. The highest BCUT2D eigenvalue weighted by Crippen LogP contribution is 2.38. The number of nitrogens with one attached hydrogen (secondary N) is 1. The Balaban J connectivity index is 1.62. The van der Waals surface area contributed by atoms with Gasteiger partial charge in [-0.2, -0.15) is 0 Å². The third-order valence-corrected chi connectivity index (χ3v) is 4.93. The number of aromatic nitrogens is 2. The number of benzene rings is 2. The quantitative estimate of drug-likeness (QED) is 0.737. The molecule has 0 saturated carbocycles. The number of aryl methyl sites for hydroxylation is 1. The zero-order chi connectivity index (χ0) is 19.8. The first kappa shape index (κ1) is 18.2. The maximum Gasteiger partial charge on any atom is 0.329 e. The minimum Gasteiger partial charge on any atom is -0.492 e.